The number of hydrogen-bond donors (Lipinski definition) is 2. The Labute approximate surface area is 131 Å². The van der Waals surface area contributed by atoms with E-state index in [1.54, 1.807) is 12.1 Å². The molecule has 2 N–H and O–H groups in total. The van der Waals surface area contributed by atoms with Gasteiger partial charge in [0.2, 0.25) is 0 Å². The number of hydrogen-bond acceptors (Lipinski definition) is 4. The van der Waals surface area contributed by atoms with Gasteiger partial charge >= 0.3 is 29.6 Å². The van der Waals surface area contributed by atoms with E-state index in [0.717, 1.165) is 0 Å². The first-order valence-corrected chi connectivity index (χ1v) is 5.34. The van der Waals surface area contributed by atoms with Crippen molar-refractivity contribution >= 4 is 41.1 Å². The molecule has 4 nitrogen and oxygen atoms in total. The van der Waals surface area contributed by atoms with Gasteiger partial charge < -0.3 is 10.2 Å². The SMILES string of the molecule is O=C1c2ccccc2C(=O)c2c(O)ccc(O)c21.[NaH]. The van der Waals surface area contributed by atoms with Gasteiger partial charge in [-0.2, -0.15) is 0 Å². The molecule has 0 heterocycles. The molecule has 0 bridgehead atoms. The maximum absolute atomic E-state index is 12.2. The van der Waals surface area contributed by atoms with Crippen molar-refractivity contribution in [2.75, 3.05) is 0 Å². The third kappa shape index (κ3) is 1.89. The van der Waals surface area contributed by atoms with E-state index in [1.165, 1.54) is 24.3 Å². The first-order valence-electron chi connectivity index (χ1n) is 5.34. The van der Waals surface area contributed by atoms with Crippen molar-refractivity contribution in [2.24, 2.45) is 0 Å². The molecule has 1 aliphatic rings. The molecule has 0 spiro atoms. The number of fused-ring (bicyclic) bond motifs is 2. The van der Waals surface area contributed by atoms with Crippen LogP contribution in [0.15, 0.2) is 36.4 Å². The Morgan fingerprint density at radius 2 is 1.05 bits per heavy atom. The molecule has 19 heavy (non-hydrogen) atoms. The Morgan fingerprint density at radius 3 is 1.42 bits per heavy atom. The molecule has 90 valence electrons. The fourth-order valence-electron chi connectivity index (χ4n) is 2.19. The third-order valence-corrected chi connectivity index (χ3v) is 3.03. The van der Waals surface area contributed by atoms with Crippen LogP contribution in [-0.4, -0.2) is 51.3 Å². The van der Waals surface area contributed by atoms with E-state index in [2.05, 4.69) is 0 Å². The van der Waals surface area contributed by atoms with Crippen LogP contribution >= 0.6 is 0 Å². The van der Waals surface area contributed by atoms with Crippen LogP contribution in [0.25, 0.3) is 0 Å². The van der Waals surface area contributed by atoms with E-state index in [9.17, 15) is 19.8 Å². The van der Waals surface area contributed by atoms with E-state index >= 15 is 0 Å². The molecule has 0 unspecified atom stereocenters. The average Bonchev–Trinajstić information content (AvgIpc) is 2.38. The molecule has 0 radical (unpaired) electrons. The maximum atomic E-state index is 12.2. The van der Waals surface area contributed by atoms with Crippen LogP contribution in [-0.2, 0) is 0 Å². The molecule has 0 amide bonds. The second-order valence-corrected chi connectivity index (χ2v) is 4.06. The minimum atomic E-state index is -0.450. The predicted molar refractivity (Wildman–Crippen MR) is 70.2 cm³/mol. The molecule has 0 aromatic heterocycles. The van der Waals surface area contributed by atoms with E-state index in [-0.39, 0.29) is 63.3 Å². The molecule has 0 saturated carbocycles. The fourth-order valence-corrected chi connectivity index (χ4v) is 2.19. The molecule has 2 aromatic carbocycles. The number of carbonyl (C=O) groups excluding carboxylic acids is 2. The second kappa shape index (κ2) is 4.81. The molecule has 0 atom stereocenters. The van der Waals surface area contributed by atoms with Crippen molar-refractivity contribution in [3.8, 4) is 11.5 Å². The molecular weight excluding hydrogens is 255 g/mol. The monoisotopic (exact) mass is 264 g/mol. The van der Waals surface area contributed by atoms with Crippen molar-refractivity contribution in [2.45, 2.75) is 0 Å². The van der Waals surface area contributed by atoms with Crippen molar-refractivity contribution < 1.29 is 19.8 Å². The van der Waals surface area contributed by atoms with Gasteiger partial charge in [0, 0.05) is 11.1 Å². The zero-order chi connectivity index (χ0) is 12.9. The second-order valence-electron chi connectivity index (χ2n) is 4.06. The zero-order valence-corrected chi connectivity index (χ0v) is 9.18. The molecule has 3 rings (SSSR count). The van der Waals surface area contributed by atoms with Crippen LogP contribution in [0.1, 0.15) is 31.8 Å². The summed E-state index contributed by atoms with van der Waals surface area (Å²) in [6.07, 6.45) is 0. The van der Waals surface area contributed by atoms with Crippen LogP contribution in [0, 0.1) is 0 Å². The Hall–Kier alpha value is -1.62. The van der Waals surface area contributed by atoms with E-state index in [4.69, 9.17) is 0 Å². The summed E-state index contributed by atoms with van der Waals surface area (Å²) in [6.45, 7) is 0. The minimum absolute atomic E-state index is 0. The number of phenolic OH excluding ortho intramolecular Hbond substituents is 2. The molecular formula is C14H9NaO4. The van der Waals surface area contributed by atoms with E-state index in [0.29, 0.717) is 0 Å². The van der Waals surface area contributed by atoms with E-state index < -0.39 is 11.6 Å². The summed E-state index contributed by atoms with van der Waals surface area (Å²) in [5.74, 6) is -1.49. The van der Waals surface area contributed by atoms with Gasteiger partial charge in [0.25, 0.3) is 0 Å². The summed E-state index contributed by atoms with van der Waals surface area (Å²) in [4.78, 5) is 24.4. The Kier molecular flexibility index (Phi) is 3.49. The van der Waals surface area contributed by atoms with Gasteiger partial charge in [-0.3, -0.25) is 9.59 Å². The van der Waals surface area contributed by atoms with Crippen molar-refractivity contribution in [3.63, 3.8) is 0 Å². The van der Waals surface area contributed by atoms with Gasteiger partial charge in [-0.1, -0.05) is 24.3 Å². The number of rotatable bonds is 0. The van der Waals surface area contributed by atoms with Crippen LogP contribution in [0.3, 0.4) is 0 Å². The van der Waals surface area contributed by atoms with Crippen LogP contribution in [0.2, 0.25) is 0 Å². The number of aromatic hydroxyl groups is 2. The molecule has 0 aliphatic heterocycles. The van der Waals surface area contributed by atoms with Gasteiger partial charge in [0.05, 0.1) is 11.1 Å². The molecule has 2 aromatic rings. The summed E-state index contributed by atoms with van der Waals surface area (Å²) in [5, 5.41) is 19.4. The van der Waals surface area contributed by atoms with Crippen LogP contribution in [0.4, 0.5) is 0 Å². The topological polar surface area (TPSA) is 74.6 Å². The zero-order valence-electron chi connectivity index (χ0n) is 9.18. The van der Waals surface area contributed by atoms with Gasteiger partial charge in [0.15, 0.2) is 11.6 Å². The summed E-state index contributed by atoms with van der Waals surface area (Å²) in [6, 6.07) is 8.76. The Morgan fingerprint density at radius 1 is 0.684 bits per heavy atom. The fraction of sp³-hybridized carbons (Fsp3) is 0. The van der Waals surface area contributed by atoms with Crippen molar-refractivity contribution in [3.05, 3.63) is 58.7 Å². The average molecular weight is 264 g/mol. The predicted octanol–water partition coefficient (Wildman–Crippen LogP) is 1.22. The Bertz CT molecular complexity index is 647. The van der Waals surface area contributed by atoms with Gasteiger partial charge in [-0.05, 0) is 12.1 Å². The van der Waals surface area contributed by atoms with Gasteiger partial charge in [-0.25, -0.2) is 0 Å². The van der Waals surface area contributed by atoms with Crippen molar-refractivity contribution in [1.29, 1.82) is 0 Å². The first-order chi connectivity index (χ1) is 8.61. The number of benzene rings is 2. The standard InChI is InChI=1S/C14H8O4.Na.H/c15-9-5-6-10(16)12-11(9)13(17)7-3-1-2-4-8(7)14(12)18;;/h1-6,15-16H;;. The molecule has 0 fully saturated rings. The summed E-state index contributed by atoms with van der Waals surface area (Å²) in [7, 11) is 0. The molecule has 1 aliphatic carbocycles. The molecule has 0 saturated heterocycles. The summed E-state index contributed by atoms with van der Waals surface area (Å²) >= 11 is 0. The third-order valence-electron chi connectivity index (χ3n) is 3.03. The van der Waals surface area contributed by atoms with Crippen LogP contribution < -0.4 is 0 Å². The number of phenols is 2. The van der Waals surface area contributed by atoms with Crippen molar-refractivity contribution in [1.82, 2.24) is 0 Å². The molecule has 5 heteroatoms. The first kappa shape index (κ1) is 13.8. The summed E-state index contributed by atoms with van der Waals surface area (Å²) in [5.41, 5.74) is 0.240. The van der Waals surface area contributed by atoms with E-state index in [1.807, 2.05) is 0 Å². The summed E-state index contributed by atoms with van der Waals surface area (Å²) < 4.78 is 0. The quantitative estimate of drug-likeness (QED) is 0.473. The van der Waals surface area contributed by atoms with Crippen LogP contribution in [0.5, 0.6) is 11.5 Å². The number of carbonyl (C=O) groups is 2. The number of ketones is 2. The van der Waals surface area contributed by atoms with Gasteiger partial charge in [0.1, 0.15) is 11.5 Å². The normalized spacial score (nSPS) is 12.4. The van der Waals surface area contributed by atoms with Gasteiger partial charge in [-0.15, -0.1) is 0 Å². The Balaban J connectivity index is 0.00000133.